The van der Waals surface area contributed by atoms with Gasteiger partial charge >= 0.3 is 6.09 Å². The molecule has 2 N–H and O–H groups in total. The summed E-state index contributed by atoms with van der Waals surface area (Å²) in [7, 11) is 0. The van der Waals surface area contributed by atoms with Crippen molar-refractivity contribution in [1.82, 2.24) is 5.32 Å². The summed E-state index contributed by atoms with van der Waals surface area (Å²) in [4.78, 5) is 25.2. The molecule has 2 atom stereocenters. The van der Waals surface area contributed by atoms with Crippen molar-refractivity contribution in [3.05, 3.63) is 90.5 Å². The molecule has 0 radical (unpaired) electrons. The minimum atomic E-state index is -0.726. The molecule has 0 heterocycles. The lowest BCUT2D eigenvalue weighted by atomic mass is 9.98. The Hall–Kier alpha value is -4.00. The van der Waals surface area contributed by atoms with E-state index < -0.39 is 12.1 Å². The molecule has 170 valence electrons. The monoisotopic (exact) mass is 444 g/mol. The van der Waals surface area contributed by atoms with Crippen molar-refractivity contribution in [3.8, 4) is 0 Å². The number of carbonyl (C=O) groups is 2. The zero-order valence-corrected chi connectivity index (χ0v) is 18.8. The lowest BCUT2D eigenvalue weighted by Crippen LogP contribution is -2.47. The Balaban J connectivity index is 1.57. The van der Waals surface area contributed by atoms with E-state index >= 15 is 0 Å². The van der Waals surface area contributed by atoms with Crippen LogP contribution in [0.25, 0.3) is 0 Å². The zero-order valence-electron chi connectivity index (χ0n) is 18.8. The molecule has 0 aromatic heterocycles. The van der Waals surface area contributed by atoms with Gasteiger partial charge in [-0.3, -0.25) is 4.79 Å². The molecule has 0 aliphatic heterocycles. The minimum absolute atomic E-state index is 0.0757. The molecular formula is C26H28N4O3. The lowest BCUT2D eigenvalue weighted by molar-refractivity contribution is -0.119. The molecule has 0 bridgehead atoms. The number of benzene rings is 3. The van der Waals surface area contributed by atoms with Gasteiger partial charge in [0.1, 0.15) is 12.6 Å². The third-order valence-corrected chi connectivity index (χ3v) is 5.15. The maximum Gasteiger partial charge on any atom is 0.408 e. The molecule has 0 saturated carbocycles. The smallest absolute Gasteiger partial charge is 0.408 e. The predicted octanol–water partition coefficient (Wildman–Crippen LogP) is 6.38. The van der Waals surface area contributed by atoms with Crippen LogP contribution < -0.4 is 10.6 Å². The fourth-order valence-electron chi connectivity index (χ4n) is 3.04. The molecule has 0 saturated heterocycles. The van der Waals surface area contributed by atoms with Gasteiger partial charge in [0.25, 0.3) is 0 Å². The number of hydrogen-bond donors (Lipinski definition) is 2. The maximum atomic E-state index is 12.9. The third kappa shape index (κ3) is 7.57. The van der Waals surface area contributed by atoms with Crippen molar-refractivity contribution in [3.63, 3.8) is 0 Å². The van der Waals surface area contributed by atoms with Crippen molar-refractivity contribution >= 4 is 29.1 Å². The van der Waals surface area contributed by atoms with E-state index in [1.54, 1.807) is 24.3 Å². The number of nitrogens with zero attached hydrogens (tertiary/aromatic N) is 2. The van der Waals surface area contributed by atoms with Gasteiger partial charge in [0, 0.05) is 5.69 Å². The van der Waals surface area contributed by atoms with Crippen LogP contribution in [0, 0.1) is 5.92 Å². The van der Waals surface area contributed by atoms with Crippen LogP contribution in [0.3, 0.4) is 0 Å². The highest BCUT2D eigenvalue weighted by Crippen LogP contribution is 2.20. The van der Waals surface area contributed by atoms with Crippen LogP contribution in [-0.4, -0.2) is 18.0 Å². The average molecular weight is 445 g/mol. The summed E-state index contributed by atoms with van der Waals surface area (Å²) >= 11 is 0. The predicted molar refractivity (Wildman–Crippen MR) is 129 cm³/mol. The van der Waals surface area contributed by atoms with Gasteiger partial charge in [-0.2, -0.15) is 10.2 Å². The molecule has 3 aromatic rings. The quantitative estimate of drug-likeness (QED) is 0.375. The first-order valence-electron chi connectivity index (χ1n) is 10.9. The SMILES string of the molecule is CC[C@@H](C)[C@@H](NC(=O)OCc1ccccc1)C(=O)Nc1ccc(N=Nc2ccccc2)cc1. The van der Waals surface area contributed by atoms with Crippen LogP contribution in [0.5, 0.6) is 0 Å². The van der Waals surface area contributed by atoms with Crippen LogP contribution in [0.2, 0.25) is 0 Å². The van der Waals surface area contributed by atoms with Gasteiger partial charge in [-0.25, -0.2) is 4.79 Å². The highest BCUT2D eigenvalue weighted by atomic mass is 16.5. The summed E-state index contributed by atoms with van der Waals surface area (Å²) in [6.07, 6.45) is 0.0894. The second-order valence-electron chi connectivity index (χ2n) is 7.64. The Labute approximate surface area is 193 Å². The van der Waals surface area contributed by atoms with Crippen molar-refractivity contribution in [1.29, 1.82) is 0 Å². The summed E-state index contributed by atoms with van der Waals surface area (Å²) in [5.41, 5.74) is 2.91. The summed E-state index contributed by atoms with van der Waals surface area (Å²) in [6.45, 7) is 4.02. The topological polar surface area (TPSA) is 92.1 Å². The second-order valence-corrected chi connectivity index (χ2v) is 7.64. The Morgan fingerprint density at radius 1 is 0.848 bits per heavy atom. The molecule has 0 unspecified atom stereocenters. The molecule has 7 nitrogen and oxygen atoms in total. The number of azo groups is 1. The van der Waals surface area contributed by atoms with E-state index in [-0.39, 0.29) is 18.4 Å². The van der Waals surface area contributed by atoms with E-state index in [2.05, 4.69) is 20.9 Å². The molecule has 33 heavy (non-hydrogen) atoms. The normalized spacial score (nSPS) is 12.7. The van der Waals surface area contributed by atoms with Crippen LogP contribution in [0.1, 0.15) is 25.8 Å². The van der Waals surface area contributed by atoms with Crippen molar-refractivity contribution < 1.29 is 14.3 Å². The van der Waals surface area contributed by atoms with Gasteiger partial charge in [-0.05, 0) is 47.9 Å². The van der Waals surface area contributed by atoms with Crippen molar-refractivity contribution in [2.45, 2.75) is 32.9 Å². The summed E-state index contributed by atoms with van der Waals surface area (Å²) in [5, 5.41) is 13.9. The van der Waals surface area contributed by atoms with Crippen molar-refractivity contribution in [2.75, 3.05) is 5.32 Å². The molecule has 2 amide bonds. The number of carbonyl (C=O) groups excluding carboxylic acids is 2. The van der Waals surface area contributed by atoms with Crippen LogP contribution in [-0.2, 0) is 16.1 Å². The molecule has 3 aromatic carbocycles. The molecule has 3 rings (SSSR count). The molecule has 0 aliphatic carbocycles. The fourth-order valence-corrected chi connectivity index (χ4v) is 3.04. The lowest BCUT2D eigenvalue weighted by Gasteiger charge is -2.23. The second kappa shape index (κ2) is 12.1. The summed E-state index contributed by atoms with van der Waals surface area (Å²) in [5.74, 6) is -0.382. The van der Waals surface area contributed by atoms with E-state index in [1.807, 2.05) is 74.5 Å². The number of rotatable bonds is 9. The minimum Gasteiger partial charge on any atom is -0.445 e. The number of anilines is 1. The van der Waals surface area contributed by atoms with Crippen LogP contribution in [0.15, 0.2) is 95.2 Å². The first-order chi connectivity index (χ1) is 16.0. The van der Waals surface area contributed by atoms with Crippen molar-refractivity contribution in [2.24, 2.45) is 16.1 Å². The van der Waals surface area contributed by atoms with E-state index in [1.165, 1.54) is 0 Å². The first-order valence-corrected chi connectivity index (χ1v) is 10.9. The standard InChI is InChI=1S/C26H28N4O3/c1-3-19(2)24(28-26(32)33-18-20-10-6-4-7-11-20)25(31)27-21-14-16-23(17-15-21)30-29-22-12-8-5-9-13-22/h4-17,19,24H,3,18H2,1-2H3,(H,27,31)(H,28,32)/t19-,24-/m1/s1. The summed E-state index contributed by atoms with van der Waals surface area (Å²) < 4.78 is 5.28. The Bertz CT molecular complexity index is 1050. The Morgan fingerprint density at radius 2 is 1.42 bits per heavy atom. The summed E-state index contributed by atoms with van der Waals surface area (Å²) in [6, 6.07) is 25.1. The van der Waals surface area contributed by atoms with Gasteiger partial charge in [0.15, 0.2) is 0 Å². The third-order valence-electron chi connectivity index (χ3n) is 5.15. The number of amides is 2. The van der Waals surface area contributed by atoms with Crippen LogP contribution >= 0.6 is 0 Å². The molecule has 0 aliphatic rings. The molecule has 0 spiro atoms. The van der Waals surface area contributed by atoms with E-state index in [0.717, 1.165) is 17.7 Å². The molecule has 7 heteroatoms. The number of alkyl carbamates (subject to hydrolysis) is 1. The zero-order chi connectivity index (χ0) is 23.5. The van der Waals surface area contributed by atoms with E-state index in [0.29, 0.717) is 11.4 Å². The fraction of sp³-hybridized carbons (Fsp3) is 0.231. The van der Waals surface area contributed by atoms with E-state index in [4.69, 9.17) is 4.74 Å². The van der Waals surface area contributed by atoms with Gasteiger partial charge in [0.05, 0.1) is 11.4 Å². The number of nitrogens with one attached hydrogen (secondary N) is 2. The average Bonchev–Trinajstić information content (AvgIpc) is 2.86. The molecule has 0 fully saturated rings. The van der Waals surface area contributed by atoms with Gasteiger partial charge in [0.2, 0.25) is 5.91 Å². The van der Waals surface area contributed by atoms with Gasteiger partial charge in [-0.1, -0.05) is 68.8 Å². The first kappa shape index (κ1) is 23.7. The Morgan fingerprint density at radius 3 is 2.03 bits per heavy atom. The Kier molecular flexibility index (Phi) is 8.71. The van der Waals surface area contributed by atoms with Gasteiger partial charge in [-0.15, -0.1) is 0 Å². The number of ether oxygens (including phenoxy) is 1. The highest BCUT2D eigenvalue weighted by Gasteiger charge is 2.26. The van der Waals surface area contributed by atoms with E-state index in [9.17, 15) is 9.59 Å². The van der Waals surface area contributed by atoms with Crippen LogP contribution in [0.4, 0.5) is 21.9 Å². The largest absolute Gasteiger partial charge is 0.445 e. The highest BCUT2D eigenvalue weighted by molar-refractivity contribution is 5.96. The van der Waals surface area contributed by atoms with Gasteiger partial charge < -0.3 is 15.4 Å². The maximum absolute atomic E-state index is 12.9. The molecular weight excluding hydrogens is 416 g/mol. The number of hydrogen-bond acceptors (Lipinski definition) is 5.